The van der Waals surface area contributed by atoms with Crippen molar-refractivity contribution in [1.82, 2.24) is 9.55 Å². The Labute approximate surface area is 104 Å². The van der Waals surface area contributed by atoms with Crippen molar-refractivity contribution in [2.45, 2.75) is 13.8 Å². The first-order valence-electron chi connectivity index (χ1n) is 5.09. The normalized spacial score (nSPS) is 10.5. The molecule has 3 nitrogen and oxygen atoms in total. The second kappa shape index (κ2) is 4.29. The first-order valence-corrected chi connectivity index (χ1v) is 5.88. The number of imidazole rings is 1. The van der Waals surface area contributed by atoms with Gasteiger partial charge in [-0.2, -0.15) is 0 Å². The van der Waals surface area contributed by atoms with Crippen LogP contribution in [0.4, 0.5) is 11.6 Å². The van der Waals surface area contributed by atoms with Gasteiger partial charge in [-0.1, -0.05) is 15.9 Å². The van der Waals surface area contributed by atoms with E-state index in [0.29, 0.717) is 0 Å². The van der Waals surface area contributed by atoms with E-state index in [1.165, 1.54) is 5.56 Å². The maximum Gasteiger partial charge on any atom is 0.207 e. The number of aromatic nitrogens is 2. The Morgan fingerprint density at radius 1 is 1.31 bits per heavy atom. The summed E-state index contributed by atoms with van der Waals surface area (Å²) < 4.78 is 3.10. The fourth-order valence-electron chi connectivity index (χ4n) is 1.58. The number of rotatable bonds is 2. The van der Waals surface area contributed by atoms with Crippen LogP contribution in [0.25, 0.3) is 0 Å². The molecule has 1 aromatic carbocycles. The summed E-state index contributed by atoms with van der Waals surface area (Å²) >= 11 is 3.48. The third kappa shape index (κ3) is 2.27. The maximum absolute atomic E-state index is 4.40. The topological polar surface area (TPSA) is 29.9 Å². The zero-order chi connectivity index (χ0) is 11.7. The van der Waals surface area contributed by atoms with E-state index in [1.54, 1.807) is 0 Å². The predicted octanol–water partition coefficient (Wildman–Crippen LogP) is 3.54. The molecule has 0 atom stereocenters. The molecule has 0 saturated heterocycles. The minimum atomic E-state index is 0.860. The molecule has 0 saturated carbocycles. The third-order valence-corrected chi connectivity index (χ3v) is 3.30. The van der Waals surface area contributed by atoms with Crippen LogP contribution in [0.2, 0.25) is 0 Å². The fraction of sp³-hybridized carbons (Fsp3) is 0.250. The summed E-state index contributed by atoms with van der Waals surface area (Å²) in [5, 5.41) is 3.29. The third-order valence-electron chi connectivity index (χ3n) is 2.41. The average Bonchev–Trinajstić information content (AvgIpc) is 2.51. The van der Waals surface area contributed by atoms with Gasteiger partial charge in [0.05, 0.1) is 5.69 Å². The molecule has 2 rings (SSSR count). The van der Waals surface area contributed by atoms with Crippen LogP contribution in [0, 0.1) is 13.8 Å². The van der Waals surface area contributed by atoms with Crippen LogP contribution in [-0.2, 0) is 7.05 Å². The van der Waals surface area contributed by atoms with Gasteiger partial charge in [-0.3, -0.25) is 0 Å². The van der Waals surface area contributed by atoms with Gasteiger partial charge in [-0.25, -0.2) is 4.98 Å². The molecule has 0 fully saturated rings. The molecular weight excluding hydrogens is 266 g/mol. The summed E-state index contributed by atoms with van der Waals surface area (Å²) in [5.74, 6) is 0.860. The predicted molar refractivity (Wildman–Crippen MR) is 70.1 cm³/mol. The van der Waals surface area contributed by atoms with Crippen LogP contribution >= 0.6 is 15.9 Å². The van der Waals surface area contributed by atoms with Crippen molar-refractivity contribution in [2.75, 3.05) is 5.32 Å². The van der Waals surface area contributed by atoms with Gasteiger partial charge in [0.1, 0.15) is 0 Å². The Morgan fingerprint density at radius 3 is 2.62 bits per heavy atom. The minimum absolute atomic E-state index is 0.860. The molecule has 0 aliphatic carbocycles. The Bertz CT molecular complexity index is 517. The minimum Gasteiger partial charge on any atom is -0.326 e. The van der Waals surface area contributed by atoms with Crippen LogP contribution in [-0.4, -0.2) is 9.55 Å². The number of hydrogen-bond donors (Lipinski definition) is 1. The molecule has 0 radical (unpaired) electrons. The van der Waals surface area contributed by atoms with Crippen LogP contribution in [0.15, 0.2) is 28.9 Å². The number of nitrogens with zero attached hydrogens (tertiary/aromatic N) is 2. The lowest BCUT2D eigenvalue weighted by molar-refractivity contribution is 0.923. The van der Waals surface area contributed by atoms with E-state index in [9.17, 15) is 0 Å². The standard InChI is InChI=1S/C12H14BrN3/c1-8-6-10(4-5-11(8)13)15-12-14-9(2)7-16(12)3/h4-7H,1-3H3,(H,14,15). The highest BCUT2D eigenvalue weighted by molar-refractivity contribution is 9.10. The number of aryl methyl sites for hydroxylation is 3. The van der Waals surface area contributed by atoms with Gasteiger partial charge in [0, 0.05) is 23.4 Å². The van der Waals surface area contributed by atoms with Crippen molar-refractivity contribution in [3.05, 3.63) is 40.1 Å². The van der Waals surface area contributed by atoms with Gasteiger partial charge >= 0.3 is 0 Å². The number of hydrogen-bond acceptors (Lipinski definition) is 2. The molecule has 0 spiro atoms. The number of nitrogens with one attached hydrogen (secondary N) is 1. The van der Waals surface area contributed by atoms with E-state index in [0.717, 1.165) is 21.8 Å². The second-order valence-electron chi connectivity index (χ2n) is 3.91. The molecule has 0 unspecified atom stereocenters. The summed E-state index contributed by atoms with van der Waals surface area (Å²) in [6, 6.07) is 6.16. The lowest BCUT2D eigenvalue weighted by Gasteiger charge is -2.07. The van der Waals surface area contributed by atoms with Gasteiger partial charge in [0.2, 0.25) is 5.95 Å². The molecule has 1 heterocycles. The molecule has 84 valence electrons. The molecule has 4 heteroatoms. The van der Waals surface area contributed by atoms with E-state index in [-0.39, 0.29) is 0 Å². The molecule has 16 heavy (non-hydrogen) atoms. The highest BCUT2D eigenvalue weighted by Crippen LogP contribution is 2.22. The van der Waals surface area contributed by atoms with Gasteiger partial charge in [-0.15, -0.1) is 0 Å². The van der Waals surface area contributed by atoms with Crippen molar-refractivity contribution < 1.29 is 0 Å². The van der Waals surface area contributed by atoms with Gasteiger partial charge in [0.25, 0.3) is 0 Å². The Morgan fingerprint density at radius 2 is 2.06 bits per heavy atom. The van der Waals surface area contributed by atoms with E-state index < -0.39 is 0 Å². The van der Waals surface area contributed by atoms with E-state index >= 15 is 0 Å². The second-order valence-corrected chi connectivity index (χ2v) is 4.76. The van der Waals surface area contributed by atoms with E-state index in [1.807, 2.05) is 36.9 Å². The SMILES string of the molecule is Cc1cn(C)c(Nc2ccc(Br)c(C)c2)n1. The highest BCUT2D eigenvalue weighted by atomic mass is 79.9. The van der Waals surface area contributed by atoms with Gasteiger partial charge in [-0.05, 0) is 37.6 Å². The number of benzene rings is 1. The Hall–Kier alpha value is -1.29. The van der Waals surface area contributed by atoms with Crippen LogP contribution in [0.1, 0.15) is 11.3 Å². The number of anilines is 2. The molecular formula is C12H14BrN3. The van der Waals surface area contributed by atoms with Crippen LogP contribution in [0.5, 0.6) is 0 Å². The Balaban J connectivity index is 2.27. The van der Waals surface area contributed by atoms with Crippen molar-refractivity contribution in [2.24, 2.45) is 7.05 Å². The molecule has 0 aliphatic heterocycles. The first-order chi connectivity index (χ1) is 7.56. The van der Waals surface area contributed by atoms with Crippen LogP contribution in [0.3, 0.4) is 0 Å². The van der Waals surface area contributed by atoms with E-state index in [2.05, 4.69) is 39.2 Å². The fourth-order valence-corrected chi connectivity index (χ4v) is 1.83. The van der Waals surface area contributed by atoms with Crippen molar-refractivity contribution in [3.63, 3.8) is 0 Å². The van der Waals surface area contributed by atoms with Crippen LogP contribution < -0.4 is 5.32 Å². The molecule has 1 aromatic heterocycles. The summed E-state index contributed by atoms with van der Waals surface area (Å²) in [4.78, 5) is 4.40. The lowest BCUT2D eigenvalue weighted by atomic mass is 10.2. The summed E-state index contributed by atoms with van der Waals surface area (Å²) in [5.41, 5.74) is 3.27. The molecule has 1 N–H and O–H groups in total. The zero-order valence-electron chi connectivity index (χ0n) is 9.58. The lowest BCUT2D eigenvalue weighted by Crippen LogP contribution is -1.98. The zero-order valence-corrected chi connectivity index (χ0v) is 11.2. The van der Waals surface area contributed by atoms with Gasteiger partial charge < -0.3 is 9.88 Å². The quantitative estimate of drug-likeness (QED) is 0.911. The highest BCUT2D eigenvalue weighted by Gasteiger charge is 2.03. The van der Waals surface area contributed by atoms with Crippen molar-refractivity contribution in [1.29, 1.82) is 0 Å². The number of halogens is 1. The largest absolute Gasteiger partial charge is 0.326 e. The summed E-state index contributed by atoms with van der Waals surface area (Å²) in [6.07, 6.45) is 1.99. The van der Waals surface area contributed by atoms with Crippen molar-refractivity contribution in [3.8, 4) is 0 Å². The first kappa shape index (κ1) is 11.2. The van der Waals surface area contributed by atoms with Crippen molar-refractivity contribution >= 4 is 27.6 Å². The molecule has 0 bridgehead atoms. The summed E-state index contributed by atoms with van der Waals surface area (Å²) in [6.45, 7) is 4.05. The summed E-state index contributed by atoms with van der Waals surface area (Å²) in [7, 11) is 1.98. The smallest absolute Gasteiger partial charge is 0.207 e. The molecule has 0 aliphatic rings. The average molecular weight is 280 g/mol. The monoisotopic (exact) mass is 279 g/mol. The molecule has 0 amide bonds. The van der Waals surface area contributed by atoms with Gasteiger partial charge in [0.15, 0.2) is 0 Å². The Kier molecular flexibility index (Phi) is 3.01. The maximum atomic E-state index is 4.40. The molecule has 2 aromatic rings. The van der Waals surface area contributed by atoms with E-state index in [4.69, 9.17) is 0 Å².